The second-order valence-corrected chi connectivity index (χ2v) is 3.61. The van der Waals surface area contributed by atoms with Crippen LogP contribution < -0.4 is 0 Å². The molecule has 1 heterocycles. The molecule has 1 rings (SSSR count). The van der Waals surface area contributed by atoms with E-state index >= 15 is 0 Å². The fourth-order valence-corrected chi connectivity index (χ4v) is 1.58. The van der Waals surface area contributed by atoms with Crippen LogP contribution in [-0.2, 0) is 0 Å². The van der Waals surface area contributed by atoms with Gasteiger partial charge in [-0.2, -0.15) is 0 Å². The van der Waals surface area contributed by atoms with Gasteiger partial charge >= 0.3 is 0 Å². The Labute approximate surface area is 85.4 Å². The van der Waals surface area contributed by atoms with Crippen LogP contribution in [0.25, 0.3) is 0 Å². The van der Waals surface area contributed by atoms with Crippen molar-refractivity contribution in [2.24, 2.45) is 10.9 Å². The summed E-state index contributed by atoms with van der Waals surface area (Å²) in [5.41, 5.74) is 1.12. The highest BCUT2D eigenvalue weighted by Crippen LogP contribution is 2.18. The number of unbranched alkanes of at least 4 members (excludes halogenated alkanes) is 1. The van der Waals surface area contributed by atoms with Crippen LogP contribution in [0.5, 0.6) is 0 Å². The van der Waals surface area contributed by atoms with E-state index in [1.54, 1.807) is 0 Å². The van der Waals surface area contributed by atoms with E-state index in [0.29, 0.717) is 5.92 Å². The van der Waals surface area contributed by atoms with Crippen LogP contribution in [0.3, 0.4) is 0 Å². The molecule has 0 aromatic heterocycles. The zero-order chi connectivity index (χ0) is 10.4. The molecule has 0 saturated carbocycles. The molecule has 0 saturated heterocycles. The molecule has 0 spiro atoms. The predicted molar refractivity (Wildman–Crippen MR) is 59.1 cm³/mol. The fraction of sp³-hybridized carbons (Fsp3) is 0.583. The Morgan fingerprint density at radius 2 is 2.21 bits per heavy atom. The van der Waals surface area contributed by atoms with Crippen LogP contribution in [0.2, 0.25) is 0 Å². The standard InChI is InChI=1S/C12H18FN/c1-3-5-6-12-10(4-2)7-8-11(13)9-14-12/h7-10H,3-6H2,1-2H3. The van der Waals surface area contributed by atoms with Crippen molar-refractivity contribution >= 4 is 5.71 Å². The maximum Gasteiger partial charge on any atom is 0.141 e. The molecule has 2 heteroatoms. The Morgan fingerprint density at radius 1 is 1.43 bits per heavy atom. The number of hydrogen-bond donors (Lipinski definition) is 0. The quantitative estimate of drug-likeness (QED) is 0.642. The molecule has 14 heavy (non-hydrogen) atoms. The van der Waals surface area contributed by atoms with Gasteiger partial charge in [-0.1, -0.05) is 26.3 Å². The van der Waals surface area contributed by atoms with Gasteiger partial charge in [-0.05, 0) is 25.3 Å². The highest BCUT2D eigenvalue weighted by Gasteiger charge is 2.12. The summed E-state index contributed by atoms with van der Waals surface area (Å²) in [6.45, 7) is 4.27. The Hall–Kier alpha value is -0.920. The van der Waals surface area contributed by atoms with Crippen LogP contribution in [0.1, 0.15) is 39.5 Å². The third-order valence-electron chi connectivity index (χ3n) is 2.50. The third kappa shape index (κ3) is 3.09. The average Bonchev–Trinajstić information content (AvgIpc) is 2.37. The minimum absolute atomic E-state index is 0.241. The Kier molecular flexibility index (Phi) is 4.57. The van der Waals surface area contributed by atoms with Gasteiger partial charge < -0.3 is 0 Å². The molecule has 0 fully saturated rings. The summed E-state index contributed by atoms with van der Waals surface area (Å²) in [6, 6.07) is 0. The summed E-state index contributed by atoms with van der Waals surface area (Å²) in [5.74, 6) is 0.0843. The largest absolute Gasteiger partial charge is 0.262 e. The Bertz CT molecular complexity index is 263. The summed E-state index contributed by atoms with van der Waals surface area (Å²) in [5, 5.41) is 0. The van der Waals surface area contributed by atoms with Gasteiger partial charge in [-0.25, -0.2) is 4.39 Å². The van der Waals surface area contributed by atoms with Crippen LogP contribution in [0, 0.1) is 5.92 Å². The van der Waals surface area contributed by atoms with Gasteiger partial charge in [-0.3, -0.25) is 4.99 Å². The minimum atomic E-state index is -0.241. The zero-order valence-electron chi connectivity index (χ0n) is 8.96. The molecule has 0 radical (unpaired) electrons. The lowest BCUT2D eigenvalue weighted by molar-refractivity contribution is 0.663. The highest BCUT2D eigenvalue weighted by atomic mass is 19.1. The molecule has 1 aliphatic heterocycles. The van der Waals surface area contributed by atoms with E-state index in [2.05, 4.69) is 18.8 Å². The lowest BCUT2D eigenvalue weighted by Crippen LogP contribution is -2.10. The van der Waals surface area contributed by atoms with E-state index in [-0.39, 0.29) is 5.83 Å². The van der Waals surface area contributed by atoms with Gasteiger partial charge in [-0.15, -0.1) is 0 Å². The first-order chi connectivity index (χ1) is 6.77. The lowest BCUT2D eigenvalue weighted by Gasteiger charge is -2.11. The van der Waals surface area contributed by atoms with Gasteiger partial charge in [0.05, 0.1) is 6.20 Å². The van der Waals surface area contributed by atoms with Gasteiger partial charge in [0.2, 0.25) is 0 Å². The molecule has 0 aromatic carbocycles. The molecular weight excluding hydrogens is 177 g/mol. The van der Waals surface area contributed by atoms with E-state index in [0.717, 1.165) is 31.4 Å². The number of aliphatic imine (C=N–C) groups is 1. The fourth-order valence-electron chi connectivity index (χ4n) is 1.58. The molecule has 0 amide bonds. The molecule has 1 atom stereocenters. The summed E-state index contributed by atoms with van der Waals surface area (Å²) in [7, 11) is 0. The average molecular weight is 195 g/mol. The van der Waals surface area contributed by atoms with E-state index < -0.39 is 0 Å². The van der Waals surface area contributed by atoms with E-state index in [1.807, 2.05) is 6.08 Å². The van der Waals surface area contributed by atoms with Crippen LogP contribution >= 0.6 is 0 Å². The van der Waals surface area contributed by atoms with E-state index in [4.69, 9.17) is 0 Å². The van der Waals surface area contributed by atoms with Crippen LogP contribution in [0.15, 0.2) is 29.2 Å². The molecule has 1 unspecified atom stereocenters. The monoisotopic (exact) mass is 195 g/mol. The SMILES string of the molecule is CCCCC1=NC=C(F)C=CC1CC. The lowest BCUT2D eigenvalue weighted by atomic mass is 9.96. The van der Waals surface area contributed by atoms with Gasteiger partial charge in [0.1, 0.15) is 5.83 Å². The smallest absolute Gasteiger partial charge is 0.141 e. The van der Waals surface area contributed by atoms with Crippen molar-refractivity contribution in [2.75, 3.05) is 0 Å². The van der Waals surface area contributed by atoms with Gasteiger partial charge in [0.25, 0.3) is 0 Å². The first-order valence-corrected chi connectivity index (χ1v) is 5.38. The molecule has 0 aromatic rings. The van der Waals surface area contributed by atoms with Crippen LogP contribution in [-0.4, -0.2) is 5.71 Å². The molecule has 1 aliphatic rings. The predicted octanol–water partition coefficient (Wildman–Crippen LogP) is 4.02. The summed E-state index contributed by atoms with van der Waals surface area (Å²) in [6.07, 6.45) is 9.06. The Morgan fingerprint density at radius 3 is 2.86 bits per heavy atom. The molecular formula is C12H18FN. The zero-order valence-corrected chi connectivity index (χ0v) is 8.96. The van der Waals surface area contributed by atoms with Crippen molar-refractivity contribution in [3.05, 3.63) is 24.2 Å². The summed E-state index contributed by atoms with van der Waals surface area (Å²) >= 11 is 0. The third-order valence-corrected chi connectivity index (χ3v) is 2.50. The van der Waals surface area contributed by atoms with Crippen molar-refractivity contribution < 1.29 is 4.39 Å². The highest BCUT2D eigenvalue weighted by molar-refractivity contribution is 5.89. The van der Waals surface area contributed by atoms with Crippen molar-refractivity contribution in [2.45, 2.75) is 39.5 Å². The summed E-state index contributed by atoms with van der Waals surface area (Å²) in [4.78, 5) is 4.21. The first kappa shape index (κ1) is 11.2. The number of allylic oxidation sites excluding steroid dienone is 3. The maximum absolute atomic E-state index is 12.9. The number of rotatable bonds is 4. The van der Waals surface area contributed by atoms with Crippen molar-refractivity contribution in [1.29, 1.82) is 0 Å². The number of nitrogens with zero attached hydrogens (tertiary/aromatic N) is 1. The van der Waals surface area contributed by atoms with Crippen molar-refractivity contribution in [1.82, 2.24) is 0 Å². The second kappa shape index (κ2) is 5.74. The topological polar surface area (TPSA) is 12.4 Å². The van der Waals surface area contributed by atoms with E-state index in [9.17, 15) is 4.39 Å². The molecule has 1 nitrogen and oxygen atoms in total. The minimum Gasteiger partial charge on any atom is -0.262 e. The number of hydrogen-bond acceptors (Lipinski definition) is 1. The first-order valence-electron chi connectivity index (χ1n) is 5.38. The van der Waals surface area contributed by atoms with Gasteiger partial charge in [0.15, 0.2) is 0 Å². The molecule has 0 aliphatic carbocycles. The molecule has 0 bridgehead atoms. The van der Waals surface area contributed by atoms with Crippen LogP contribution in [0.4, 0.5) is 4.39 Å². The molecule has 78 valence electrons. The van der Waals surface area contributed by atoms with Crippen molar-refractivity contribution in [3.8, 4) is 0 Å². The van der Waals surface area contributed by atoms with Crippen molar-refractivity contribution in [3.63, 3.8) is 0 Å². The second-order valence-electron chi connectivity index (χ2n) is 3.61. The normalized spacial score (nSPS) is 21.5. The molecule has 0 N–H and O–H groups in total. The summed E-state index contributed by atoms with van der Waals surface area (Å²) < 4.78 is 12.9. The number of halogens is 1. The van der Waals surface area contributed by atoms with E-state index in [1.165, 1.54) is 12.3 Å². The Balaban J connectivity index is 2.71. The maximum atomic E-state index is 12.9. The van der Waals surface area contributed by atoms with Gasteiger partial charge in [0, 0.05) is 11.6 Å².